The fourth-order valence-electron chi connectivity index (χ4n) is 4.73. The van der Waals surface area contributed by atoms with E-state index in [9.17, 15) is 22.8 Å². The predicted molar refractivity (Wildman–Crippen MR) is 158 cm³/mol. The van der Waals surface area contributed by atoms with Crippen molar-refractivity contribution in [1.29, 1.82) is 0 Å². The van der Waals surface area contributed by atoms with Gasteiger partial charge in [-0.05, 0) is 72.8 Å². The summed E-state index contributed by atoms with van der Waals surface area (Å²) in [5.74, 6) is -0.348. The van der Waals surface area contributed by atoms with Gasteiger partial charge in [0.1, 0.15) is 18.2 Å². The second-order valence-electron chi connectivity index (χ2n) is 9.48. The largest absolute Gasteiger partial charge is 0.457 e. The first-order valence-electron chi connectivity index (χ1n) is 13.4. The summed E-state index contributed by atoms with van der Waals surface area (Å²) in [6, 6.07) is 28.0. The smallest absolute Gasteiger partial charge is 0.263 e. The number of para-hydroxylation sites is 1. The topological polar surface area (TPSA) is 104 Å². The molecule has 0 bridgehead atoms. The van der Waals surface area contributed by atoms with Crippen LogP contribution in [0.4, 0.5) is 5.69 Å². The molecule has 214 valence electrons. The van der Waals surface area contributed by atoms with Gasteiger partial charge in [0.15, 0.2) is 0 Å². The van der Waals surface area contributed by atoms with Gasteiger partial charge >= 0.3 is 0 Å². The van der Waals surface area contributed by atoms with E-state index < -0.39 is 27.7 Å². The standard InChI is InChI=1S/C32H29N3O6S/c1-3-33(4-2)42(39,40)27-20-14-23(15-21-27)30(36)34(22-35-31(37)28-12-8-9-13-29(28)32(35)38)24-16-18-26(19-17-24)41-25-10-6-5-7-11-25/h5-21H,3-4,22H2,1-2H3. The first-order chi connectivity index (χ1) is 20.2. The number of carbonyl (C=O) groups is 3. The van der Waals surface area contributed by atoms with Crippen LogP contribution in [-0.2, 0) is 10.0 Å². The zero-order chi connectivity index (χ0) is 29.9. The number of hydrogen-bond donors (Lipinski definition) is 0. The van der Waals surface area contributed by atoms with E-state index in [4.69, 9.17) is 4.74 Å². The van der Waals surface area contributed by atoms with Gasteiger partial charge in [-0.1, -0.05) is 44.2 Å². The van der Waals surface area contributed by atoms with Gasteiger partial charge < -0.3 is 4.74 Å². The SMILES string of the molecule is CCN(CC)S(=O)(=O)c1ccc(C(=O)N(CN2C(=O)c3ccccc3C2=O)c2ccc(Oc3ccccc3)cc2)cc1. The van der Waals surface area contributed by atoms with Crippen molar-refractivity contribution in [2.75, 3.05) is 24.7 Å². The number of nitrogens with zero attached hydrogens (tertiary/aromatic N) is 3. The highest BCUT2D eigenvalue weighted by molar-refractivity contribution is 7.89. The summed E-state index contributed by atoms with van der Waals surface area (Å²) in [5.41, 5.74) is 1.14. The monoisotopic (exact) mass is 583 g/mol. The fourth-order valence-corrected chi connectivity index (χ4v) is 6.19. The molecule has 9 nitrogen and oxygen atoms in total. The number of hydrogen-bond acceptors (Lipinski definition) is 6. The Morgan fingerprint density at radius 3 is 1.79 bits per heavy atom. The van der Waals surface area contributed by atoms with Crippen LogP contribution in [-0.4, -0.2) is 55.1 Å². The second-order valence-corrected chi connectivity index (χ2v) is 11.4. The molecule has 0 aromatic heterocycles. The second kappa shape index (κ2) is 12.0. The summed E-state index contributed by atoms with van der Waals surface area (Å²) in [7, 11) is -3.71. The molecule has 42 heavy (non-hydrogen) atoms. The minimum Gasteiger partial charge on any atom is -0.457 e. The quantitative estimate of drug-likeness (QED) is 0.231. The highest BCUT2D eigenvalue weighted by atomic mass is 32.2. The molecule has 0 spiro atoms. The van der Waals surface area contributed by atoms with Crippen molar-refractivity contribution in [3.63, 3.8) is 0 Å². The van der Waals surface area contributed by atoms with Gasteiger partial charge in [-0.2, -0.15) is 4.31 Å². The number of sulfonamides is 1. The Hall–Kier alpha value is -4.80. The Morgan fingerprint density at radius 2 is 1.24 bits per heavy atom. The molecule has 0 atom stereocenters. The summed E-state index contributed by atoms with van der Waals surface area (Å²) in [4.78, 5) is 42.6. The van der Waals surface area contributed by atoms with Gasteiger partial charge in [0.25, 0.3) is 17.7 Å². The van der Waals surface area contributed by atoms with Gasteiger partial charge in [0.05, 0.1) is 16.0 Å². The molecule has 4 aromatic carbocycles. The Bertz CT molecular complexity index is 1680. The maximum atomic E-state index is 13.9. The maximum Gasteiger partial charge on any atom is 0.263 e. The molecule has 0 fully saturated rings. The van der Waals surface area contributed by atoms with E-state index in [0.717, 1.165) is 4.90 Å². The minimum atomic E-state index is -3.71. The number of anilines is 1. The van der Waals surface area contributed by atoms with Crippen LogP contribution in [0, 0.1) is 0 Å². The van der Waals surface area contributed by atoms with Crippen molar-refractivity contribution in [3.05, 3.63) is 120 Å². The summed E-state index contributed by atoms with van der Waals surface area (Å²) in [6.07, 6.45) is 0. The summed E-state index contributed by atoms with van der Waals surface area (Å²) in [6.45, 7) is 3.80. The van der Waals surface area contributed by atoms with Crippen molar-refractivity contribution < 1.29 is 27.5 Å². The molecule has 0 aliphatic carbocycles. The molecule has 3 amide bonds. The van der Waals surface area contributed by atoms with E-state index in [1.54, 1.807) is 62.4 Å². The van der Waals surface area contributed by atoms with Crippen LogP contribution in [0.1, 0.15) is 44.9 Å². The van der Waals surface area contributed by atoms with E-state index in [0.29, 0.717) is 30.3 Å². The van der Waals surface area contributed by atoms with E-state index in [-0.39, 0.29) is 28.3 Å². The number of amides is 3. The van der Waals surface area contributed by atoms with Crippen molar-refractivity contribution in [2.45, 2.75) is 18.7 Å². The Morgan fingerprint density at radius 1 is 0.714 bits per heavy atom. The van der Waals surface area contributed by atoms with E-state index in [1.807, 2.05) is 30.3 Å². The van der Waals surface area contributed by atoms with Gasteiger partial charge in [0.2, 0.25) is 10.0 Å². The number of ether oxygens (including phenoxy) is 1. The first-order valence-corrected chi connectivity index (χ1v) is 14.9. The molecule has 1 heterocycles. The molecule has 0 radical (unpaired) electrons. The normalized spacial score (nSPS) is 12.9. The van der Waals surface area contributed by atoms with E-state index >= 15 is 0 Å². The van der Waals surface area contributed by atoms with Crippen LogP contribution in [0.15, 0.2) is 108 Å². The third-order valence-corrected chi connectivity index (χ3v) is 9.04. The number of imide groups is 1. The van der Waals surface area contributed by atoms with Crippen LogP contribution in [0.25, 0.3) is 0 Å². The zero-order valence-corrected chi connectivity index (χ0v) is 24.0. The van der Waals surface area contributed by atoms with Gasteiger partial charge in [-0.3, -0.25) is 24.2 Å². The molecule has 0 N–H and O–H groups in total. The summed E-state index contributed by atoms with van der Waals surface area (Å²) < 4.78 is 33.1. The van der Waals surface area contributed by atoms with Crippen LogP contribution in [0.5, 0.6) is 11.5 Å². The minimum absolute atomic E-state index is 0.0667. The van der Waals surface area contributed by atoms with Gasteiger partial charge in [0, 0.05) is 24.3 Å². The molecule has 0 saturated carbocycles. The lowest BCUT2D eigenvalue weighted by Crippen LogP contribution is -2.44. The van der Waals surface area contributed by atoms with Crippen LogP contribution >= 0.6 is 0 Å². The molecule has 5 rings (SSSR count). The highest BCUT2D eigenvalue weighted by Gasteiger charge is 2.37. The lowest BCUT2D eigenvalue weighted by molar-refractivity contribution is 0.0650. The van der Waals surface area contributed by atoms with Crippen LogP contribution in [0.2, 0.25) is 0 Å². The number of rotatable bonds is 10. The lowest BCUT2D eigenvalue weighted by atomic mass is 10.1. The van der Waals surface area contributed by atoms with Crippen molar-refractivity contribution in [2.24, 2.45) is 0 Å². The molecule has 4 aromatic rings. The number of fused-ring (bicyclic) bond motifs is 1. The molecule has 0 unspecified atom stereocenters. The highest BCUT2D eigenvalue weighted by Crippen LogP contribution is 2.28. The molecule has 1 aliphatic heterocycles. The van der Waals surface area contributed by atoms with Gasteiger partial charge in [-0.25, -0.2) is 8.42 Å². The molecule has 10 heteroatoms. The van der Waals surface area contributed by atoms with Crippen molar-refractivity contribution in [3.8, 4) is 11.5 Å². The third kappa shape index (κ3) is 5.54. The molecule has 1 aliphatic rings. The maximum absolute atomic E-state index is 13.9. The molecular formula is C32H29N3O6S. The fraction of sp³-hybridized carbons (Fsp3) is 0.156. The number of carbonyl (C=O) groups excluding carboxylic acids is 3. The van der Waals surface area contributed by atoms with E-state index in [1.165, 1.54) is 33.5 Å². The lowest BCUT2D eigenvalue weighted by Gasteiger charge is -2.27. The van der Waals surface area contributed by atoms with Crippen molar-refractivity contribution >= 4 is 33.4 Å². The predicted octanol–water partition coefficient (Wildman–Crippen LogP) is 5.41. The average molecular weight is 584 g/mol. The molecule has 0 saturated heterocycles. The summed E-state index contributed by atoms with van der Waals surface area (Å²) in [5, 5.41) is 0. The number of benzene rings is 4. The Labute approximate surface area is 244 Å². The average Bonchev–Trinajstić information content (AvgIpc) is 3.26. The van der Waals surface area contributed by atoms with Crippen LogP contribution in [0.3, 0.4) is 0 Å². The first kappa shape index (κ1) is 28.7. The zero-order valence-electron chi connectivity index (χ0n) is 23.1. The van der Waals surface area contributed by atoms with Crippen LogP contribution < -0.4 is 9.64 Å². The Kier molecular flexibility index (Phi) is 8.19. The summed E-state index contributed by atoms with van der Waals surface area (Å²) >= 11 is 0. The molecular weight excluding hydrogens is 554 g/mol. The van der Waals surface area contributed by atoms with E-state index in [2.05, 4.69) is 0 Å². The third-order valence-electron chi connectivity index (χ3n) is 6.98. The Balaban J connectivity index is 1.46. The van der Waals surface area contributed by atoms with Gasteiger partial charge in [-0.15, -0.1) is 0 Å². The van der Waals surface area contributed by atoms with Crippen molar-refractivity contribution in [1.82, 2.24) is 9.21 Å².